The molecular weight excluding hydrogens is 670 g/mol. The Labute approximate surface area is 305 Å². The van der Waals surface area contributed by atoms with E-state index in [1.807, 2.05) is 48.9 Å². The molecule has 3 heterocycles. The molecule has 1 N–H and O–H groups in total. The molecule has 0 radical (unpaired) electrons. The minimum atomic E-state index is -4.42. The van der Waals surface area contributed by atoms with Crippen LogP contribution in [0.2, 0.25) is 0 Å². The summed E-state index contributed by atoms with van der Waals surface area (Å²) in [6, 6.07) is 45.0. The van der Waals surface area contributed by atoms with Crippen molar-refractivity contribution in [2.24, 2.45) is 0 Å². The van der Waals surface area contributed by atoms with E-state index in [0.717, 1.165) is 57.2 Å². The summed E-state index contributed by atoms with van der Waals surface area (Å²) in [5.74, 6) is 1.39. The highest BCUT2D eigenvalue weighted by Gasteiger charge is 2.38. The van der Waals surface area contributed by atoms with Crippen molar-refractivity contribution < 1.29 is 13.2 Å². The van der Waals surface area contributed by atoms with Gasteiger partial charge in [0.1, 0.15) is 17.2 Å². The van der Waals surface area contributed by atoms with Gasteiger partial charge < -0.3 is 14.1 Å². The van der Waals surface area contributed by atoms with Crippen molar-refractivity contribution >= 4 is 10.9 Å². The molecule has 9 heteroatoms. The zero-order chi connectivity index (χ0) is 36.3. The number of imidazole rings is 1. The van der Waals surface area contributed by atoms with Crippen LogP contribution in [0.15, 0.2) is 158 Å². The van der Waals surface area contributed by atoms with Gasteiger partial charge in [-0.1, -0.05) is 127 Å². The first kappa shape index (κ1) is 33.9. The van der Waals surface area contributed by atoms with Crippen LogP contribution in [0.4, 0.5) is 13.2 Å². The molecule has 5 aromatic carbocycles. The fraction of sp³-hybridized carbons (Fsp3) is 0.159. The number of nitrogens with zero attached hydrogens (tertiary/aromatic N) is 5. The van der Waals surface area contributed by atoms with Gasteiger partial charge in [-0.3, -0.25) is 0 Å². The van der Waals surface area contributed by atoms with Crippen LogP contribution in [0.3, 0.4) is 0 Å². The molecule has 0 atom stereocenters. The van der Waals surface area contributed by atoms with Crippen LogP contribution in [0.5, 0.6) is 0 Å². The molecule has 8 rings (SSSR count). The Balaban J connectivity index is 1.11. The van der Waals surface area contributed by atoms with Gasteiger partial charge in [-0.2, -0.15) is 13.2 Å². The highest BCUT2D eigenvalue weighted by atomic mass is 19.4. The summed E-state index contributed by atoms with van der Waals surface area (Å²) >= 11 is 0. The number of aromatic nitrogens is 6. The molecule has 0 saturated heterocycles. The van der Waals surface area contributed by atoms with Gasteiger partial charge in [-0.05, 0) is 52.8 Å². The van der Waals surface area contributed by atoms with E-state index in [-0.39, 0.29) is 6.42 Å². The third-order valence-electron chi connectivity index (χ3n) is 9.96. The fourth-order valence-electron chi connectivity index (χ4n) is 7.46. The molecule has 0 amide bonds. The van der Waals surface area contributed by atoms with E-state index >= 15 is 0 Å². The Hall–Kier alpha value is -6.22. The largest absolute Gasteiger partial charge is 0.416 e. The second-order valence-electron chi connectivity index (χ2n) is 13.3. The summed E-state index contributed by atoms with van der Waals surface area (Å²) in [4.78, 5) is 8.26. The van der Waals surface area contributed by atoms with Gasteiger partial charge in [0.15, 0.2) is 0 Å². The number of H-pyrrole nitrogens is 1. The maximum atomic E-state index is 13.6. The molecule has 0 spiro atoms. The lowest BCUT2D eigenvalue weighted by Crippen LogP contribution is -2.36. The first-order chi connectivity index (χ1) is 25.9. The van der Waals surface area contributed by atoms with E-state index in [9.17, 15) is 13.2 Å². The number of aromatic amines is 1. The Bertz CT molecular complexity index is 2330. The minimum Gasteiger partial charge on any atom is -0.361 e. The minimum absolute atomic E-state index is 0.229. The molecule has 3 aromatic heterocycles. The highest BCUT2D eigenvalue weighted by Crippen LogP contribution is 2.41. The van der Waals surface area contributed by atoms with Gasteiger partial charge in [0.2, 0.25) is 0 Å². The molecule has 0 unspecified atom stereocenters. The van der Waals surface area contributed by atoms with Crippen molar-refractivity contribution in [3.63, 3.8) is 0 Å². The number of rotatable bonds is 12. The molecule has 0 bridgehead atoms. The number of nitrogens with one attached hydrogen (secondary N) is 1. The van der Waals surface area contributed by atoms with Gasteiger partial charge >= 0.3 is 6.18 Å². The van der Waals surface area contributed by atoms with Gasteiger partial charge in [0.05, 0.1) is 17.6 Å². The summed E-state index contributed by atoms with van der Waals surface area (Å²) in [5.41, 5.74) is 5.60. The Morgan fingerprint density at radius 3 is 1.85 bits per heavy atom. The predicted octanol–water partition coefficient (Wildman–Crippen LogP) is 9.63. The van der Waals surface area contributed by atoms with Gasteiger partial charge in [0, 0.05) is 42.7 Å². The average molecular weight is 707 g/mol. The van der Waals surface area contributed by atoms with Crippen LogP contribution in [0.25, 0.3) is 10.9 Å². The summed E-state index contributed by atoms with van der Waals surface area (Å²) in [5, 5.41) is 10.2. The second-order valence-corrected chi connectivity index (χ2v) is 13.3. The zero-order valence-electron chi connectivity index (χ0n) is 28.9. The molecule has 0 aliphatic rings. The number of aryl methyl sites for hydroxylation is 1. The van der Waals surface area contributed by atoms with Gasteiger partial charge in [-0.15, -0.1) is 10.2 Å². The molecule has 0 saturated carbocycles. The Kier molecular flexibility index (Phi) is 9.22. The maximum absolute atomic E-state index is 13.6. The summed E-state index contributed by atoms with van der Waals surface area (Å²) in [6.45, 7) is 0.576. The van der Waals surface area contributed by atoms with E-state index in [2.05, 4.69) is 109 Å². The first-order valence-electron chi connectivity index (χ1n) is 17.7. The molecule has 53 heavy (non-hydrogen) atoms. The maximum Gasteiger partial charge on any atom is 0.416 e. The smallest absolute Gasteiger partial charge is 0.361 e. The molecule has 6 nitrogen and oxygen atoms in total. The van der Waals surface area contributed by atoms with Crippen molar-refractivity contribution in [2.45, 2.75) is 43.9 Å². The monoisotopic (exact) mass is 706 g/mol. The van der Waals surface area contributed by atoms with Crippen molar-refractivity contribution in [1.82, 2.24) is 29.3 Å². The van der Waals surface area contributed by atoms with Gasteiger partial charge in [-0.25, -0.2) is 4.98 Å². The number of halogens is 3. The SMILES string of the molecule is FC(F)(F)c1cccc(Cc2nnc(Cc3c[nH]c4ccccc34)n2CCCc2cn(C(c3ccccc3)(c3ccccc3)c3ccccc3)cn2)c1. The van der Waals surface area contributed by atoms with Crippen molar-refractivity contribution in [1.29, 1.82) is 0 Å². The molecule has 0 aliphatic carbocycles. The highest BCUT2D eigenvalue weighted by molar-refractivity contribution is 5.83. The van der Waals surface area contributed by atoms with Crippen molar-refractivity contribution in [2.75, 3.05) is 0 Å². The third-order valence-corrected chi connectivity index (χ3v) is 9.96. The fourth-order valence-corrected chi connectivity index (χ4v) is 7.46. The number of hydrogen-bond acceptors (Lipinski definition) is 3. The standard InChI is InChI=1S/C44H37F3N6/c45-44(46,47)37-21-12-14-32(26-37)27-41-50-51-42(28-33-29-48-40-24-11-10-23-39(33)40)53(41)25-13-22-38-30-52(31-49-38)43(34-15-4-1-5-16-34,35-17-6-2-7-18-35)36-19-8-3-9-20-36/h1-12,14-21,23-24,26,29-31,48H,13,22,25,27-28H2. The van der Waals surface area contributed by atoms with Crippen LogP contribution >= 0.6 is 0 Å². The normalized spacial score (nSPS) is 12.1. The molecule has 0 fully saturated rings. The molecule has 8 aromatic rings. The van der Waals surface area contributed by atoms with Crippen LogP contribution in [-0.2, 0) is 37.5 Å². The summed E-state index contributed by atoms with van der Waals surface area (Å²) in [7, 11) is 0. The van der Waals surface area contributed by atoms with Crippen LogP contribution in [0.1, 0.15) is 57.1 Å². The Morgan fingerprint density at radius 1 is 0.623 bits per heavy atom. The summed E-state index contributed by atoms with van der Waals surface area (Å²) < 4.78 is 45.0. The van der Waals surface area contributed by atoms with Crippen LogP contribution in [0, 0.1) is 0 Å². The second kappa shape index (κ2) is 14.4. The van der Waals surface area contributed by atoms with E-state index in [1.165, 1.54) is 12.1 Å². The molecule has 0 aliphatic heterocycles. The van der Waals surface area contributed by atoms with E-state index in [4.69, 9.17) is 4.98 Å². The molecular formula is C44H37F3N6. The lowest BCUT2D eigenvalue weighted by molar-refractivity contribution is -0.137. The lowest BCUT2D eigenvalue weighted by atomic mass is 9.77. The lowest BCUT2D eigenvalue weighted by Gasteiger charge is -2.37. The number of alkyl halides is 3. The predicted molar refractivity (Wildman–Crippen MR) is 201 cm³/mol. The van der Waals surface area contributed by atoms with Gasteiger partial charge in [0.25, 0.3) is 0 Å². The van der Waals surface area contributed by atoms with E-state index in [0.29, 0.717) is 30.8 Å². The van der Waals surface area contributed by atoms with Crippen LogP contribution < -0.4 is 0 Å². The number of para-hydroxylation sites is 1. The molecule has 264 valence electrons. The van der Waals surface area contributed by atoms with Crippen molar-refractivity contribution in [3.05, 3.63) is 209 Å². The quantitative estimate of drug-likeness (QED) is 0.129. The first-order valence-corrected chi connectivity index (χ1v) is 17.7. The topological polar surface area (TPSA) is 64.3 Å². The summed E-state index contributed by atoms with van der Waals surface area (Å²) in [6.07, 6.45) is 3.77. The average Bonchev–Trinajstić information content (AvgIpc) is 3.93. The van der Waals surface area contributed by atoms with E-state index < -0.39 is 17.3 Å². The Morgan fingerprint density at radius 2 is 1.21 bits per heavy atom. The zero-order valence-corrected chi connectivity index (χ0v) is 28.9. The number of fused-ring (bicyclic) bond motifs is 1. The van der Waals surface area contributed by atoms with Crippen molar-refractivity contribution in [3.8, 4) is 0 Å². The number of benzene rings is 5. The third kappa shape index (κ3) is 6.78. The van der Waals surface area contributed by atoms with Crippen LogP contribution in [-0.4, -0.2) is 29.3 Å². The van der Waals surface area contributed by atoms with E-state index in [1.54, 1.807) is 6.07 Å². The number of hydrogen-bond donors (Lipinski definition) is 1.